The molecule has 19 heavy (non-hydrogen) atoms. The van der Waals surface area contributed by atoms with Crippen molar-refractivity contribution in [1.29, 1.82) is 0 Å². The van der Waals surface area contributed by atoms with Gasteiger partial charge < -0.3 is 4.42 Å². The molecule has 0 bridgehead atoms. The van der Waals surface area contributed by atoms with Crippen LogP contribution in [0.4, 0.5) is 0 Å². The Morgan fingerprint density at radius 1 is 1.32 bits per heavy atom. The van der Waals surface area contributed by atoms with Gasteiger partial charge in [-0.05, 0) is 25.0 Å². The van der Waals surface area contributed by atoms with Crippen LogP contribution in [0.3, 0.4) is 0 Å². The molecule has 2 aromatic rings. The molecule has 4 nitrogen and oxygen atoms in total. The molecule has 0 unspecified atom stereocenters. The van der Waals surface area contributed by atoms with E-state index < -0.39 is 0 Å². The fourth-order valence-electron chi connectivity index (χ4n) is 1.62. The zero-order valence-corrected chi connectivity index (χ0v) is 12.4. The van der Waals surface area contributed by atoms with Gasteiger partial charge in [-0.1, -0.05) is 39.8 Å². The molecule has 3 rings (SSSR count). The molecule has 0 atom stereocenters. The molecule has 0 aliphatic heterocycles. The van der Waals surface area contributed by atoms with Crippen molar-refractivity contribution < 1.29 is 9.21 Å². The van der Waals surface area contributed by atoms with Gasteiger partial charge >= 0.3 is 0 Å². The van der Waals surface area contributed by atoms with E-state index in [0.29, 0.717) is 28.3 Å². The average molecular weight is 339 g/mol. The highest BCUT2D eigenvalue weighted by Crippen LogP contribution is 2.39. The summed E-state index contributed by atoms with van der Waals surface area (Å²) in [5.74, 6) is 1.53. The van der Waals surface area contributed by atoms with Crippen molar-refractivity contribution in [3.63, 3.8) is 0 Å². The number of aromatic nitrogens is 2. The zero-order valence-electron chi connectivity index (χ0n) is 10.0. The lowest BCUT2D eigenvalue weighted by Gasteiger charge is -1.98. The number of carbonyl (C=O) groups excluding carboxylic acids is 1. The van der Waals surface area contributed by atoms with Crippen LogP contribution in [-0.2, 0) is 0 Å². The lowest BCUT2D eigenvalue weighted by molar-refractivity contribution is 0.102. The Bertz CT molecular complexity index is 593. The molecule has 0 radical (unpaired) electrons. The highest BCUT2D eigenvalue weighted by molar-refractivity contribution is 9.10. The molecular weight excluding hydrogens is 328 g/mol. The number of rotatable bonds is 5. The molecule has 0 amide bonds. The van der Waals surface area contributed by atoms with Crippen LogP contribution in [0.15, 0.2) is 38.4 Å². The largest absolute Gasteiger partial charge is 0.416 e. The third kappa shape index (κ3) is 3.25. The minimum Gasteiger partial charge on any atom is -0.416 e. The number of Topliss-reactive ketones (excluding diaryl/α,β-unsaturated/α-hetero) is 1. The minimum atomic E-state index is 0.0590. The number of ketones is 1. The van der Waals surface area contributed by atoms with Crippen LogP contribution in [-0.4, -0.2) is 21.7 Å². The molecule has 6 heteroatoms. The van der Waals surface area contributed by atoms with Gasteiger partial charge in [0.1, 0.15) is 0 Å². The molecule has 1 aromatic heterocycles. The van der Waals surface area contributed by atoms with Gasteiger partial charge in [0.25, 0.3) is 5.22 Å². The first-order valence-corrected chi connectivity index (χ1v) is 7.75. The Kier molecular flexibility index (Phi) is 3.70. The van der Waals surface area contributed by atoms with Gasteiger partial charge in [0.2, 0.25) is 5.89 Å². The molecule has 1 aliphatic carbocycles. The quantitative estimate of drug-likeness (QED) is 0.614. The average Bonchev–Trinajstić information content (AvgIpc) is 3.16. The van der Waals surface area contributed by atoms with E-state index in [1.54, 1.807) is 12.1 Å². The van der Waals surface area contributed by atoms with Crippen LogP contribution < -0.4 is 0 Å². The topological polar surface area (TPSA) is 56.0 Å². The summed E-state index contributed by atoms with van der Waals surface area (Å²) < 4.78 is 6.45. The summed E-state index contributed by atoms with van der Waals surface area (Å²) in [7, 11) is 0. The van der Waals surface area contributed by atoms with E-state index in [9.17, 15) is 4.79 Å². The first-order valence-electron chi connectivity index (χ1n) is 5.97. The van der Waals surface area contributed by atoms with Crippen molar-refractivity contribution in [3.8, 4) is 0 Å². The first kappa shape index (κ1) is 12.9. The van der Waals surface area contributed by atoms with Crippen molar-refractivity contribution in [2.75, 3.05) is 5.75 Å². The highest BCUT2D eigenvalue weighted by atomic mass is 79.9. The van der Waals surface area contributed by atoms with Gasteiger partial charge in [-0.25, -0.2) is 0 Å². The molecule has 0 N–H and O–H groups in total. The number of hydrogen-bond donors (Lipinski definition) is 0. The van der Waals surface area contributed by atoms with Crippen LogP contribution >= 0.6 is 27.7 Å². The summed E-state index contributed by atoms with van der Waals surface area (Å²) in [5, 5.41) is 8.41. The summed E-state index contributed by atoms with van der Waals surface area (Å²) >= 11 is 4.63. The standard InChI is InChI=1S/C13H11BrN2O2S/c14-10-5-3-8(4-6-10)11(17)7-19-13-16-15-12(18-13)9-1-2-9/h3-6,9H,1-2,7H2. The molecule has 1 heterocycles. The fourth-order valence-corrected chi connectivity index (χ4v) is 2.55. The monoisotopic (exact) mass is 338 g/mol. The predicted octanol–water partition coefficient (Wildman–Crippen LogP) is 3.68. The maximum atomic E-state index is 12.0. The third-order valence-corrected chi connectivity index (χ3v) is 4.19. The highest BCUT2D eigenvalue weighted by Gasteiger charge is 2.29. The van der Waals surface area contributed by atoms with Crippen molar-refractivity contribution in [3.05, 3.63) is 40.2 Å². The summed E-state index contributed by atoms with van der Waals surface area (Å²) in [5.41, 5.74) is 0.692. The number of halogens is 1. The van der Waals surface area contributed by atoms with Crippen LogP contribution in [0.1, 0.15) is 35.0 Å². The maximum Gasteiger partial charge on any atom is 0.277 e. The normalized spacial score (nSPS) is 14.6. The van der Waals surface area contributed by atoms with Crippen LogP contribution in [0.5, 0.6) is 0 Å². The number of nitrogens with zero attached hydrogens (tertiary/aromatic N) is 2. The summed E-state index contributed by atoms with van der Waals surface area (Å²) in [4.78, 5) is 12.0. The fraction of sp³-hybridized carbons (Fsp3) is 0.308. The Morgan fingerprint density at radius 2 is 2.05 bits per heavy atom. The van der Waals surface area contributed by atoms with Gasteiger partial charge in [0.15, 0.2) is 5.78 Å². The molecule has 0 spiro atoms. The molecular formula is C13H11BrN2O2S. The summed E-state index contributed by atoms with van der Waals surface area (Å²) in [6, 6.07) is 7.32. The second-order valence-electron chi connectivity index (χ2n) is 4.40. The van der Waals surface area contributed by atoms with E-state index >= 15 is 0 Å². The van der Waals surface area contributed by atoms with Crippen LogP contribution in [0.25, 0.3) is 0 Å². The van der Waals surface area contributed by atoms with Gasteiger partial charge in [0, 0.05) is 16.0 Å². The number of hydrogen-bond acceptors (Lipinski definition) is 5. The van der Waals surface area contributed by atoms with E-state index in [1.807, 2.05) is 12.1 Å². The Hall–Kier alpha value is -1.14. The van der Waals surface area contributed by atoms with Gasteiger partial charge in [-0.3, -0.25) is 4.79 Å². The molecule has 1 aliphatic rings. The lowest BCUT2D eigenvalue weighted by atomic mass is 10.2. The number of carbonyl (C=O) groups is 1. The van der Waals surface area contributed by atoms with Gasteiger partial charge in [-0.15, -0.1) is 10.2 Å². The minimum absolute atomic E-state index is 0.0590. The summed E-state index contributed by atoms with van der Waals surface area (Å²) in [6.45, 7) is 0. The second kappa shape index (κ2) is 5.46. The van der Waals surface area contributed by atoms with Gasteiger partial charge in [-0.2, -0.15) is 0 Å². The Morgan fingerprint density at radius 3 is 2.74 bits per heavy atom. The van der Waals surface area contributed by atoms with E-state index in [4.69, 9.17) is 4.42 Å². The van der Waals surface area contributed by atoms with Crippen molar-refractivity contribution >= 4 is 33.5 Å². The van der Waals surface area contributed by atoms with E-state index in [1.165, 1.54) is 11.8 Å². The zero-order chi connectivity index (χ0) is 13.2. The van der Waals surface area contributed by atoms with Crippen molar-refractivity contribution in [2.24, 2.45) is 0 Å². The smallest absolute Gasteiger partial charge is 0.277 e. The molecule has 98 valence electrons. The third-order valence-electron chi connectivity index (χ3n) is 2.84. The van der Waals surface area contributed by atoms with Crippen molar-refractivity contribution in [1.82, 2.24) is 10.2 Å². The number of benzene rings is 1. The molecule has 0 saturated heterocycles. The van der Waals surface area contributed by atoms with E-state index in [2.05, 4.69) is 26.1 Å². The molecule has 1 aromatic carbocycles. The summed E-state index contributed by atoms with van der Waals surface area (Å²) in [6.07, 6.45) is 2.26. The Balaban J connectivity index is 1.58. The first-order chi connectivity index (χ1) is 9.22. The molecule has 1 fully saturated rings. The maximum absolute atomic E-state index is 12.0. The predicted molar refractivity (Wildman–Crippen MR) is 75.5 cm³/mol. The van der Waals surface area contributed by atoms with Gasteiger partial charge in [0.05, 0.1) is 5.75 Å². The number of thioether (sulfide) groups is 1. The van der Waals surface area contributed by atoms with Crippen LogP contribution in [0, 0.1) is 0 Å². The van der Waals surface area contributed by atoms with Crippen molar-refractivity contribution in [2.45, 2.75) is 24.0 Å². The SMILES string of the molecule is O=C(CSc1nnc(C2CC2)o1)c1ccc(Br)cc1. The second-order valence-corrected chi connectivity index (χ2v) is 6.24. The Labute approximate surface area is 123 Å². The lowest BCUT2D eigenvalue weighted by Crippen LogP contribution is -2.01. The van der Waals surface area contributed by atoms with E-state index in [0.717, 1.165) is 17.3 Å². The van der Waals surface area contributed by atoms with E-state index in [-0.39, 0.29) is 5.78 Å². The molecule has 1 saturated carbocycles. The van der Waals surface area contributed by atoms with Crippen LogP contribution in [0.2, 0.25) is 0 Å².